The van der Waals surface area contributed by atoms with Crippen LogP contribution in [-0.4, -0.2) is 60.8 Å². The van der Waals surface area contributed by atoms with Gasteiger partial charge in [0.25, 0.3) is 5.91 Å². The molecule has 0 bridgehead atoms. The number of hydrogen-bond donors (Lipinski definition) is 1. The molecule has 44 heavy (non-hydrogen) atoms. The van der Waals surface area contributed by atoms with Gasteiger partial charge in [-0.15, -0.1) is 5.10 Å². The van der Waals surface area contributed by atoms with Crippen molar-refractivity contribution in [2.75, 3.05) is 13.1 Å². The predicted molar refractivity (Wildman–Crippen MR) is 158 cm³/mol. The average molecular weight is 597 g/mol. The molecule has 6 rings (SSSR count). The van der Waals surface area contributed by atoms with Crippen LogP contribution in [0.15, 0.2) is 42.6 Å². The summed E-state index contributed by atoms with van der Waals surface area (Å²) in [5.41, 5.74) is 4.15. The van der Waals surface area contributed by atoms with Crippen molar-refractivity contribution in [1.29, 1.82) is 5.26 Å². The molecule has 2 aromatic carbocycles. The summed E-state index contributed by atoms with van der Waals surface area (Å²) in [5.74, 6) is -2.18. The number of fused-ring (bicyclic) bond motifs is 2. The largest absolute Gasteiger partial charge is 0.487 e. The summed E-state index contributed by atoms with van der Waals surface area (Å²) in [6.07, 6.45) is 4.78. The van der Waals surface area contributed by atoms with Crippen LogP contribution in [0.1, 0.15) is 89.9 Å². The van der Waals surface area contributed by atoms with Gasteiger partial charge >= 0.3 is 5.97 Å². The second-order valence-corrected chi connectivity index (χ2v) is 12.2. The molecular formula is C33H36N6O5. The molecule has 3 heterocycles. The maximum atomic E-state index is 14.3. The lowest BCUT2D eigenvalue weighted by atomic mass is 9.77. The number of rotatable bonds is 8. The van der Waals surface area contributed by atoms with Gasteiger partial charge < -0.3 is 19.6 Å². The van der Waals surface area contributed by atoms with E-state index in [4.69, 9.17) is 4.74 Å². The minimum Gasteiger partial charge on any atom is -0.487 e. The molecule has 1 fully saturated rings. The number of aliphatic carboxylic acids is 1. The lowest BCUT2D eigenvalue weighted by Crippen LogP contribution is -2.50. The van der Waals surface area contributed by atoms with E-state index in [0.717, 1.165) is 24.0 Å². The first-order chi connectivity index (χ1) is 21.3. The molecule has 3 atom stereocenters. The van der Waals surface area contributed by atoms with E-state index in [1.165, 1.54) is 0 Å². The first-order valence-corrected chi connectivity index (χ1v) is 15.3. The zero-order valence-corrected chi connectivity index (χ0v) is 25.0. The van der Waals surface area contributed by atoms with Gasteiger partial charge in [0, 0.05) is 36.8 Å². The van der Waals surface area contributed by atoms with Crippen molar-refractivity contribution in [3.8, 4) is 11.8 Å². The summed E-state index contributed by atoms with van der Waals surface area (Å²) in [7, 11) is 0. The van der Waals surface area contributed by atoms with Crippen LogP contribution in [0.2, 0.25) is 0 Å². The molecule has 1 saturated carbocycles. The fourth-order valence-electron chi connectivity index (χ4n) is 6.90. The number of carbonyl (C=O) groups is 3. The number of nitriles is 1. The molecule has 1 aliphatic carbocycles. The molecule has 228 valence electrons. The summed E-state index contributed by atoms with van der Waals surface area (Å²) in [6.45, 7) is 5.04. The van der Waals surface area contributed by atoms with Gasteiger partial charge in [-0.2, -0.15) is 5.26 Å². The van der Waals surface area contributed by atoms with E-state index in [2.05, 4.69) is 16.4 Å². The quantitative estimate of drug-likeness (QED) is 0.406. The van der Waals surface area contributed by atoms with Crippen LogP contribution < -0.4 is 4.74 Å². The Morgan fingerprint density at radius 3 is 2.61 bits per heavy atom. The van der Waals surface area contributed by atoms with Crippen LogP contribution in [0.5, 0.6) is 5.75 Å². The van der Waals surface area contributed by atoms with Gasteiger partial charge in [-0.25, -0.2) is 4.68 Å². The van der Waals surface area contributed by atoms with Crippen molar-refractivity contribution >= 4 is 17.8 Å². The van der Waals surface area contributed by atoms with E-state index in [1.54, 1.807) is 26.6 Å². The van der Waals surface area contributed by atoms with Crippen LogP contribution in [0.4, 0.5) is 0 Å². The molecule has 0 radical (unpaired) electrons. The van der Waals surface area contributed by atoms with E-state index in [1.807, 2.05) is 44.3 Å². The Morgan fingerprint density at radius 2 is 1.91 bits per heavy atom. The Bertz CT molecular complexity index is 1640. The van der Waals surface area contributed by atoms with Gasteiger partial charge in [-0.1, -0.05) is 36.3 Å². The third kappa shape index (κ3) is 5.41. The van der Waals surface area contributed by atoms with Crippen LogP contribution >= 0.6 is 0 Å². The van der Waals surface area contributed by atoms with Gasteiger partial charge in [-0.3, -0.25) is 14.4 Å². The molecule has 11 nitrogen and oxygen atoms in total. The lowest BCUT2D eigenvalue weighted by Gasteiger charge is -2.43. The number of hydrogen-bond acceptors (Lipinski definition) is 7. The SMILES string of the molecule is CC(C)n1cc(COc2ccc(C#N)c3c2[C@@H](CN2Cc4ccccc4C2=O)N(C(=O)[C@@H]2CCCC[C@@H]2C(=O)O)CC3)nn1. The molecule has 1 aromatic heterocycles. The van der Waals surface area contributed by atoms with Crippen molar-refractivity contribution in [2.24, 2.45) is 11.8 Å². The lowest BCUT2D eigenvalue weighted by molar-refractivity contribution is -0.153. The van der Waals surface area contributed by atoms with E-state index < -0.39 is 23.8 Å². The van der Waals surface area contributed by atoms with E-state index in [-0.39, 0.29) is 31.0 Å². The molecule has 11 heteroatoms. The molecule has 2 aliphatic heterocycles. The number of nitrogens with zero attached hydrogens (tertiary/aromatic N) is 6. The second-order valence-electron chi connectivity index (χ2n) is 12.2. The molecule has 0 saturated heterocycles. The number of ether oxygens (including phenoxy) is 1. The summed E-state index contributed by atoms with van der Waals surface area (Å²) < 4.78 is 8.08. The minimum atomic E-state index is -0.951. The second kappa shape index (κ2) is 12.1. The number of carboxylic acids is 1. The molecule has 3 aromatic rings. The summed E-state index contributed by atoms with van der Waals surface area (Å²) in [5, 5.41) is 28.4. The standard InChI is InChI=1S/C33H36N6O5/c1-20(2)39-17-23(35-36-39)19-44-29-12-11-21(15-34)24-13-14-38(32(41)26-9-5-6-10-27(26)33(42)43)28(30(24)29)18-37-16-22-7-3-4-8-25(22)31(37)40/h3-4,7-8,11-12,17,20,26-28H,5-6,9-10,13-14,16,18-19H2,1-2H3,(H,42,43)/t26-,27+,28-/m1/s1. The third-order valence-electron chi connectivity index (χ3n) is 9.18. The number of aromatic nitrogens is 3. The Kier molecular flexibility index (Phi) is 8.08. The first kappa shape index (κ1) is 29.4. The molecule has 0 spiro atoms. The topological polar surface area (TPSA) is 142 Å². The van der Waals surface area contributed by atoms with E-state index in [0.29, 0.717) is 60.5 Å². The molecule has 3 aliphatic rings. The van der Waals surface area contributed by atoms with Gasteiger partial charge in [-0.05, 0) is 62.4 Å². The van der Waals surface area contributed by atoms with Crippen molar-refractivity contribution in [3.05, 3.63) is 76.1 Å². The number of carbonyl (C=O) groups excluding carboxylic acids is 2. The monoisotopic (exact) mass is 596 g/mol. The smallest absolute Gasteiger partial charge is 0.307 e. The van der Waals surface area contributed by atoms with Crippen molar-refractivity contribution < 1.29 is 24.2 Å². The summed E-state index contributed by atoms with van der Waals surface area (Å²) >= 11 is 0. The van der Waals surface area contributed by atoms with Crippen molar-refractivity contribution in [2.45, 2.75) is 71.2 Å². The van der Waals surface area contributed by atoms with Crippen LogP contribution in [0, 0.1) is 23.2 Å². The van der Waals surface area contributed by atoms with Crippen LogP contribution in [0.3, 0.4) is 0 Å². The molecular weight excluding hydrogens is 560 g/mol. The number of benzene rings is 2. The highest BCUT2D eigenvalue weighted by molar-refractivity contribution is 5.98. The normalized spacial score (nSPS) is 21.1. The highest BCUT2D eigenvalue weighted by Gasteiger charge is 2.44. The Balaban J connectivity index is 1.39. The first-order valence-electron chi connectivity index (χ1n) is 15.3. The van der Waals surface area contributed by atoms with Gasteiger partial charge in [0.15, 0.2) is 0 Å². The van der Waals surface area contributed by atoms with E-state index >= 15 is 0 Å². The highest BCUT2D eigenvalue weighted by Crippen LogP contribution is 2.42. The fraction of sp³-hybridized carbons (Fsp3) is 0.455. The number of carboxylic acid groups (broad SMARTS) is 1. The van der Waals surface area contributed by atoms with Crippen LogP contribution in [-0.2, 0) is 29.2 Å². The summed E-state index contributed by atoms with van der Waals surface area (Å²) in [4.78, 5) is 43.5. The predicted octanol–water partition coefficient (Wildman–Crippen LogP) is 4.28. The zero-order valence-electron chi connectivity index (χ0n) is 25.0. The maximum absolute atomic E-state index is 14.3. The molecule has 1 N–H and O–H groups in total. The summed E-state index contributed by atoms with van der Waals surface area (Å²) in [6, 6.07) is 12.7. The third-order valence-corrected chi connectivity index (χ3v) is 9.18. The minimum absolute atomic E-state index is 0.120. The zero-order chi connectivity index (χ0) is 31.0. The van der Waals surface area contributed by atoms with Gasteiger partial charge in [0.2, 0.25) is 5.91 Å². The number of amides is 2. The van der Waals surface area contributed by atoms with Gasteiger partial charge in [0.1, 0.15) is 18.1 Å². The van der Waals surface area contributed by atoms with Crippen molar-refractivity contribution in [1.82, 2.24) is 24.8 Å². The molecule has 0 unspecified atom stereocenters. The Labute approximate surface area is 256 Å². The Morgan fingerprint density at radius 1 is 1.14 bits per heavy atom. The van der Waals surface area contributed by atoms with Crippen molar-refractivity contribution in [3.63, 3.8) is 0 Å². The van der Waals surface area contributed by atoms with Crippen LogP contribution in [0.25, 0.3) is 0 Å². The van der Waals surface area contributed by atoms with Gasteiger partial charge in [0.05, 0.1) is 35.7 Å². The van der Waals surface area contributed by atoms with E-state index in [9.17, 15) is 24.8 Å². The average Bonchev–Trinajstić information content (AvgIpc) is 3.64. The maximum Gasteiger partial charge on any atom is 0.307 e. The molecule has 2 amide bonds. The Hall–Kier alpha value is -4.72. The fourth-order valence-corrected chi connectivity index (χ4v) is 6.90. The highest BCUT2D eigenvalue weighted by atomic mass is 16.5.